The van der Waals surface area contributed by atoms with E-state index in [-0.39, 0.29) is 5.91 Å². The van der Waals surface area contributed by atoms with Gasteiger partial charge in [0.15, 0.2) is 0 Å². The Balaban J connectivity index is 1.57. The summed E-state index contributed by atoms with van der Waals surface area (Å²) in [5.41, 5.74) is 2.92. The fraction of sp³-hybridized carbons (Fsp3) is 0.450. The molecule has 0 aliphatic carbocycles. The highest BCUT2D eigenvalue weighted by Crippen LogP contribution is 2.18. The molecule has 0 radical (unpaired) electrons. The van der Waals surface area contributed by atoms with E-state index in [1.54, 1.807) is 6.07 Å². The highest BCUT2D eigenvalue weighted by molar-refractivity contribution is 5.93. The molecule has 1 saturated heterocycles. The molecule has 27 heavy (non-hydrogen) atoms. The number of aromatic nitrogens is 2. The molecule has 0 bridgehead atoms. The van der Waals surface area contributed by atoms with Gasteiger partial charge in [-0.05, 0) is 38.7 Å². The van der Waals surface area contributed by atoms with Gasteiger partial charge in [-0.2, -0.15) is 0 Å². The highest BCUT2D eigenvalue weighted by Gasteiger charge is 2.23. The molecule has 3 rings (SSSR count). The van der Waals surface area contributed by atoms with E-state index in [4.69, 9.17) is 0 Å². The number of nitrogens with one attached hydrogen (secondary N) is 1. The fourth-order valence-corrected chi connectivity index (χ4v) is 3.13. The van der Waals surface area contributed by atoms with E-state index in [9.17, 15) is 4.79 Å². The zero-order valence-electron chi connectivity index (χ0n) is 16.4. The van der Waals surface area contributed by atoms with Gasteiger partial charge in [0.1, 0.15) is 17.8 Å². The third-order valence-corrected chi connectivity index (χ3v) is 4.69. The number of hydrogen-bond acceptors (Lipinski definition) is 6. The summed E-state index contributed by atoms with van der Waals surface area (Å²) in [5, 5.41) is 3.24. The van der Waals surface area contributed by atoms with E-state index in [1.807, 2.05) is 19.0 Å². The first-order valence-corrected chi connectivity index (χ1v) is 9.34. The third-order valence-electron chi connectivity index (χ3n) is 4.69. The van der Waals surface area contributed by atoms with E-state index in [2.05, 4.69) is 56.3 Å². The van der Waals surface area contributed by atoms with Gasteiger partial charge in [0.25, 0.3) is 5.91 Å². The summed E-state index contributed by atoms with van der Waals surface area (Å²) in [5.74, 6) is 0.658. The van der Waals surface area contributed by atoms with Crippen molar-refractivity contribution in [1.82, 2.24) is 19.8 Å². The number of nitrogens with zero attached hydrogens (tertiary/aromatic N) is 5. The molecule has 144 valence electrons. The molecule has 1 N–H and O–H groups in total. The maximum absolute atomic E-state index is 12.8. The maximum atomic E-state index is 12.8. The van der Waals surface area contributed by atoms with Crippen LogP contribution in [0.2, 0.25) is 0 Å². The molecule has 0 unspecified atom stereocenters. The number of rotatable bonds is 6. The molecule has 7 nitrogen and oxygen atoms in total. The number of hydrogen-bond donors (Lipinski definition) is 1. The summed E-state index contributed by atoms with van der Waals surface area (Å²) in [6.07, 6.45) is 1.45. The van der Waals surface area contributed by atoms with Crippen LogP contribution in [-0.4, -0.2) is 79.0 Å². The third kappa shape index (κ3) is 5.17. The summed E-state index contributed by atoms with van der Waals surface area (Å²) in [6.45, 7) is 6.81. The highest BCUT2D eigenvalue weighted by atomic mass is 16.2. The van der Waals surface area contributed by atoms with Gasteiger partial charge in [0.2, 0.25) is 0 Å². The number of likely N-dealkylation sites (N-methyl/N-ethyl adjacent to an activating group) is 1. The zero-order valence-corrected chi connectivity index (χ0v) is 16.4. The van der Waals surface area contributed by atoms with Gasteiger partial charge < -0.3 is 20.0 Å². The van der Waals surface area contributed by atoms with Gasteiger partial charge in [-0.1, -0.05) is 12.1 Å². The Morgan fingerprint density at radius 2 is 1.93 bits per heavy atom. The van der Waals surface area contributed by atoms with Gasteiger partial charge in [-0.25, -0.2) is 9.97 Å². The predicted octanol–water partition coefficient (Wildman–Crippen LogP) is 1.72. The molecular formula is C20H28N6O. The summed E-state index contributed by atoms with van der Waals surface area (Å²) >= 11 is 0. The molecule has 1 aliphatic rings. The van der Waals surface area contributed by atoms with Crippen LogP contribution in [0.4, 0.5) is 11.5 Å². The Morgan fingerprint density at radius 1 is 1.15 bits per heavy atom. The number of carbonyl (C=O) groups excluding carboxylic acids is 1. The van der Waals surface area contributed by atoms with E-state index < -0.39 is 0 Å². The molecular weight excluding hydrogens is 340 g/mol. The van der Waals surface area contributed by atoms with Crippen molar-refractivity contribution in [2.24, 2.45) is 0 Å². The number of anilines is 2. The molecule has 2 aromatic rings. The van der Waals surface area contributed by atoms with Crippen LogP contribution in [0.5, 0.6) is 0 Å². The van der Waals surface area contributed by atoms with Gasteiger partial charge in [0.05, 0.1) is 0 Å². The molecule has 1 aromatic carbocycles. The Morgan fingerprint density at radius 3 is 2.63 bits per heavy atom. The largest absolute Gasteiger partial charge is 0.369 e. The number of aryl methyl sites for hydroxylation is 1. The van der Waals surface area contributed by atoms with Gasteiger partial charge in [-0.15, -0.1) is 0 Å². The van der Waals surface area contributed by atoms with Crippen molar-refractivity contribution >= 4 is 17.4 Å². The average Bonchev–Trinajstić information content (AvgIpc) is 2.67. The van der Waals surface area contributed by atoms with Crippen LogP contribution >= 0.6 is 0 Å². The number of benzene rings is 1. The first-order valence-electron chi connectivity index (χ1n) is 9.34. The van der Waals surface area contributed by atoms with E-state index in [0.29, 0.717) is 24.6 Å². The van der Waals surface area contributed by atoms with E-state index >= 15 is 0 Å². The minimum Gasteiger partial charge on any atom is -0.369 e. The molecule has 1 aliphatic heterocycles. The van der Waals surface area contributed by atoms with Crippen LogP contribution in [0.3, 0.4) is 0 Å². The van der Waals surface area contributed by atoms with Crippen LogP contribution in [0.25, 0.3) is 0 Å². The predicted molar refractivity (Wildman–Crippen MR) is 108 cm³/mol. The van der Waals surface area contributed by atoms with Gasteiger partial charge in [0, 0.05) is 51.0 Å². The topological polar surface area (TPSA) is 64.6 Å². The number of amides is 1. The van der Waals surface area contributed by atoms with Crippen molar-refractivity contribution < 1.29 is 4.79 Å². The zero-order chi connectivity index (χ0) is 19.2. The van der Waals surface area contributed by atoms with Crippen LogP contribution in [0.1, 0.15) is 16.1 Å². The van der Waals surface area contributed by atoms with E-state index in [0.717, 1.165) is 26.2 Å². The lowest BCUT2D eigenvalue weighted by molar-refractivity contribution is 0.0740. The van der Waals surface area contributed by atoms with Gasteiger partial charge in [-0.3, -0.25) is 4.79 Å². The molecule has 1 aromatic heterocycles. The summed E-state index contributed by atoms with van der Waals surface area (Å²) < 4.78 is 0. The smallest absolute Gasteiger partial charge is 0.272 e. The molecule has 0 spiro atoms. The SMILES string of the molecule is Cc1cccc(N2CCN(C(=O)c3cc(NCCN(C)C)ncn3)CC2)c1. The Kier molecular flexibility index (Phi) is 6.24. The van der Waals surface area contributed by atoms with Crippen molar-refractivity contribution in [1.29, 1.82) is 0 Å². The van der Waals surface area contributed by atoms with Crippen molar-refractivity contribution in [3.63, 3.8) is 0 Å². The summed E-state index contributed by atoms with van der Waals surface area (Å²) in [4.78, 5) is 27.5. The lowest BCUT2D eigenvalue weighted by Crippen LogP contribution is -2.49. The van der Waals surface area contributed by atoms with Crippen molar-refractivity contribution in [2.75, 3.05) is 63.6 Å². The van der Waals surface area contributed by atoms with Crippen LogP contribution in [-0.2, 0) is 0 Å². The lowest BCUT2D eigenvalue weighted by Gasteiger charge is -2.36. The van der Waals surface area contributed by atoms with Gasteiger partial charge >= 0.3 is 0 Å². The molecule has 0 atom stereocenters. The second-order valence-corrected chi connectivity index (χ2v) is 7.14. The molecule has 2 heterocycles. The molecule has 0 saturated carbocycles. The fourth-order valence-electron chi connectivity index (χ4n) is 3.13. The monoisotopic (exact) mass is 368 g/mol. The maximum Gasteiger partial charge on any atom is 0.272 e. The standard InChI is InChI=1S/C20H28N6O/c1-16-5-4-6-17(13-16)25-9-11-26(12-10-25)20(27)18-14-19(23-15-22-18)21-7-8-24(2)3/h4-6,13-15H,7-12H2,1-3H3,(H,21,22,23). The first-order chi connectivity index (χ1) is 13.0. The number of carbonyl (C=O) groups is 1. The molecule has 7 heteroatoms. The summed E-state index contributed by atoms with van der Waals surface area (Å²) in [6, 6.07) is 10.2. The second kappa shape index (κ2) is 8.81. The van der Waals surface area contributed by atoms with Crippen LogP contribution < -0.4 is 10.2 Å². The Bertz CT molecular complexity index is 771. The van der Waals surface area contributed by atoms with Crippen LogP contribution in [0, 0.1) is 6.92 Å². The lowest BCUT2D eigenvalue weighted by atomic mass is 10.2. The first kappa shape index (κ1) is 19.1. The minimum absolute atomic E-state index is 0.0306. The quantitative estimate of drug-likeness (QED) is 0.838. The van der Waals surface area contributed by atoms with Crippen molar-refractivity contribution in [3.8, 4) is 0 Å². The summed E-state index contributed by atoms with van der Waals surface area (Å²) in [7, 11) is 4.04. The Hall–Kier alpha value is -2.67. The average molecular weight is 368 g/mol. The van der Waals surface area contributed by atoms with Crippen molar-refractivity contribution in [2.45, 2.75) is 6.92 Å². The minimum atomic E-state index is -0.0306. The number of piperazine rings is 1. The molecule has 1 fully saturated rings. The normalized spacial score (nSPS) is 14.5. The van der Waals surface area contributed by atoms with Crippen LogP contribution in [0.15, 0.2) is 36.7 Å². The second-order valence-electron chi connectivity index (χ2n) is 7.14. The Labute approximate surface area is 161 Å². The van der Waals surface area contributed by atoms with Crippen molar-refractivity contribution in [3.05, 3.63) is 47.9 Å². The van der Waals surface area contributed by atoms with E-state index in [1.165, 1.54) is 17.6 Å². The molecule has 1 amide bonds.